The number of piperidine rings is 1. The number of anilines is 1. The summed E-state index contributed by atoms with van der Waals surface area (Å²) in [4.78, 5) is 43.0. The zero-order valence-electron chi connectivity index (χ0n) is 17.7. The maximum atomic E-state index is 13.3. The van der Waals surface area contributed by atoms with Gasteiger partial charge in [-0.15, -0.1) is 0 Å². The Balaban J connectivity index is 1.56. The molecule has 0 radical (unpaired) electrons. The highest BCUT2D eigenvalue weighted by molar-refractivity contribution is 6.05. The summed E-state index contributed by atoms with van der Waals surface area (Å²) in [6, 6.07) is 7.24. The first-order valence-corrected chi connectivity index (χ1v) is 10.8. The van der Waals surface area contributed by atoms with Gasteiger partial charge in [-0.2, -0.15) is 0 Å². The molecular weight excluding hydrogens is 380 g/mol. The summed E-state index contributed by atoms with van der Waals surface area (Å²) in [6.45, 7) is 1.58. The molecule has 1 aromatic carbocycles. The Bertz CT molecular complexity index is 866. The number of hydrogen-bond donors (Lipinski definition) is 1. The van der Waals surface area contributed by atoms with E-state index in [1.807, 2.05) is 31.1 Å². The van der Waals surface area contributed by atoms with Gasteiger partial charge in [0.15, 0.2) is 0 Å². The summed E-state index contributed by atoms with van der Waals surface area (Å²) in [5.74, 6) is -0.907. The first-order chi connectivity index (χ1) is 14.5. The van der Waals surface area contributed by atoms with Gasteiger partial charge in [0, 0.05) is 24.7 Å². The van der Waals surface area contributed by atoms with Gasteiger partial charge in [0.1, 0.15) is 0 Å². The predicted octanol–water partition coefficient (Wildman–Crippen LogP) is 2.20. The molecule has 2 heterocycles. The Hall–Kier alpha value is -2.67. The summed E-state index contributed by atoms with van der Waals surface area (Å²) < 4.78 is 0. The number of allylic oxidation sites excluding steroid dienone is 2. The Morgan fingerprint density at radius 3 is 2.67 bits per heavy atom. The maximum absolute atomic E-state index is 13.3. The van der Waals surface area contributed by atoms with Crippen molar-refractivity contribution in [3.05, 3.63) is 42.0 Å². The van der Waals surface area contributed by atoms with Crippen LogP contribution in [-0.4, -0.2) is 60.7 Å². The first kappa shape index (κ1) is 20.6. The van der Waals surface area contributed by atoms with E-state index in [4.69, 9.17) is 0 Å². The molecule has 2 saturated heterocycles. The second-order valence-corrected chi connectivity index (χ2v) is 8.77. The number of hydrazine groups is 1. The molecule has 3 amide bonds. The summed E-state index contributed by atoms with van der Waals surface area (Å²) in [7, 11) is 4.05. The van der Waals surface area contributed by atoms with Crippen LogP contribution in [-0.2, 0) is 9.59 Å². The topological polar surface area (TPSA) is 73.0 Å². The van der Waals surface area contributed by atoms with Gasteiger partial charge in [0.05, 0.1) is 17.5 Å². The fourth-order valence-electron chi connectivity index (χ4n) is 4.81. The van der Waals surface area contributed by atoms with E-state index in [1.165, 1.54) is 5.01 Å². The molecule has 30 heavy (non-hydrogen) atoms. The number of rotatable bonds is 4. The Morgan fingerprint density at radius 1 is 1.13 bits per heavy atom. The monoisotopic (exact) mass is 410 g/mol. The molecule has 7 nitrogen and oxygen atoms in total. The Labute approximate surface area is 177 Å². The van der Waals surface area contributed by atoms with Gasteiger partial charge >= 0.3 is 0 Å². The van der Waals surface area contributed by atoms with Gasteiger partial charge in [-0.1, -0.05) is 18.2 Å². The van der Waals surface area contributed by atoms with Gasteiger partial charge in [-0.05, 0) is 64.4 Å². The smallest absolute Gasteiger partial charge is 0.254 e. The first-order valence-electron chi connectivity index (χ1n) is 10.8. The second kappa shape index (κ2) is 8.60. The minimum Gasteiger partial charge on any atom is -0.334 e. The highest BCUT2D eigenvalue weighted by atomic mass is 16.2. The van der Waals surface area contributed by atoms with Crippen molar-refractivity contribution < 1.29 is 14.4 Å². The second-order valence-electron chi connectivity index (χ2n) is 8.77. The molecule has 3 aliphatic rings. The predicted molar refractivity (Wildman–Crippen MR) is 115 cm³/mol. The van der Waals surface area contributed by atoms with Gasteiger partial charge in [0.2, 0.25) is 11.8 Å². The van der Waals surface area contributed by atoms with Crippen LogP contribution in [0.5, 0.6) is 0 Å². The molecular formula is C23H30N4O3. The minimum absolute atomic E-state index is 0.0161. The fourth-order valence-corrected chi connectivity index (χ4v) is 4.81. The third-order valence-corrected chi connectivity index (χ3v) is 6.34. The van der Waals surface area contributed by atoms with Crippen LogP contribution in [0.25, 0.3) is 0 Å². The van der Waals surface area contributed by atoms with Crippen molar-refractivity contribution >= 4 is 23.4 Å². The molecule has 4 rings (SSSR count). The van der Waals surface area contributed by atoms with Crippen molar-refractivity contribution in [2.45, 2.75) is 38.1 Å². The molecule has 7 heteroatoms. The lowest BCUT2D eigenvalue weighted by Crippen LogP contribution is -2.59. The number of amides is 3. The van der Waals surface area contributed by atoms with E-state index in [1.54, 1.807) is 24.3 Å². The number of likely N-dealkylation sites (N-methyl/N-ethyl adjacent to an activating group) is 1. The number of nitrogens with one attached hydrogen (secondary N) is 1. The van der Waals surface area contributed by atoms with Crippen molar-refractivity contribution in [3.8, 4) is 0 Å². The zero-order valence-corrected chi connectivity index (χ0v) is 17.7. The number of likely N-dealkylation sites (tertiary alicyclic amines) is 1. The third-order valence-electron chi connectivity index (χ3n) is 6.34. The van der Waals surface area contributed by atoms with Gasteiger partial charge < -0.3 is 9.80 Å². The molecule has 2 fully saturated rings. The number of benzene rings is 1. The van der Waals surface area contributed by atoms with Crippen molar-refractivity contribution in [2.24, 2.45) is 11.8 Å². The molecule has 2 aliphatic heterocycles. The number of carbonyl (C=O) groups excluding carboxylic acids is 3. The van der Waals surface area contributed by atoms with Crippen LogP contribution in [0.4, 0.5) is 5.69 Å². The van der Waals surface area contributed by atoms with E-state index in [0.717, 1.165) is 32.4 Å². The Morgan fingerprint density at radius 2 is 1.90 bits per heavy atom. The van der Waals surface area contributed by atoms with E-state index in [2.05, 4.69) is 10.3 Å². The van der Waals surface area contributed by atoms with Crippen LogP contribution in [0, 0.1) is 11.8 Å². The molecule has 0 spiro atoms. The normalized spacial score (nSPS) is 26.6. The lowest BCUT2D eigenvalue weighted by Gasteiger charge is -2.39. The van der Waals surface area contributed by atoms with Gasteiger partial charge in [-0.25, -0.2) is 5.01 Å². The molecule has 1 aromatic rings. The van der Waals surface area contributed by atoms with E-state index in [0.29, 0.717) is 24.1 Å². The van der Waals surface area contributed by atoms with Crippen LogP contribution in [0.15, 0.2) is 36.4 Å². The summed E-state index contributed by atoms with van der Waals surface area (Å²) in [6.07, 6.45) is 8.24. The molecule has 0 saturated carbocycles. The van der Waals surface area contributed by atoms with E-state index >= 15 is 0 Å². The largest absolute Gasteiger partial charge is 0.334 e. The highest BCUT2D eigenvalue weighted by Crippen LogP contribution is 2.32. The SMILES string of the molecule is CN(C)CC1CCCCN1C(=O)c1cccc(N2NC(=O)C3CC=CCC3C2=O)c1. The van der Waals surface area contributed by atoms with E-state index in [9.17, 15) is 14.4 Å². The van der Waals surface area contributed by atoms with Gasteiger partial charge in [-0.3, -0.25) is 19.8 Å². The lowest BCUT2D eigenvalue weighted by atomic mass is 9.80. The average molecular weight is 411 g/mol. The standard InChI is InChI=1S/C23H30N4O3/c1-25(2)15-18-9-5-6-13-26(18)22(29)16-8-7-10-17(14-16)27-23(30)20-12-4-3-11-19(20)21(28)24-27/h3-4,7-8,10,14,18-20H,5-6,9,11-13,15H2,1-2H3,(H,24,28). The van der Waals surface area contributed by atoms with Crippen LogP contribution < -0.4 is 10.4 Å². The highest BCUT2D eigenvalue weighted by Gasteiger charge is 2.42. The summed E-state index contributed by atoms with van der Waals surface area (Å²) >= 11 is 0. The van der Waals surface area contributed by atoms with Crippen LogP contribution in [0.2, 0.25) is 0 Å². The molecule has 3 unspecified atom stereocenters. The molecule has 1 aliphatic carbocycles. The molecule has 1 N–H and O–H groups in total. The third kappa shape index (κ3) is 3.99. The maximum Gasteiger partial charge on any atom is 0.254 e. The van der Waals surface area contributed by atoms with Gasteiger partial charge in [0.25, 0.3) is 5.91 Å². The van der Waals surface area contributed by atoms with Crippen LogP contribution in [0.1, 0.15) is 42.5 Å². The number of nitrogens with zero attached hydrogens (tertiary/aromatic N) is 3. The van der Waals surface area contributed by atoms with Crippen molar-refractivity contribution in [1.82, 2.24) is 15.2 Å². The Kier molecular flexibility index (Phi) is 5.90. The van der Waals surface area contributed by atoms with Crippen LogP contribution >= 0.6 is 0 Å². The summed E-state index contributed by atoms with van der Waals surface area (Å²) in [5, 5.41) is 1.33. The van der Waals surface area contributed by atoms with Crippen LogP contribution in [0.3, 0.4) is 0 Å². The molecule has 0 aromatic heterocycles. The number of fused-ring (bicyclic) bond motifs is 1. The lowest BCUT2D eigenvalue weighted by molar-refractivity contribution is -0.139. The fraction of sp³-hybridized carbons (Fsp3) is 0.522. The molecule has 3 atom stereocenters. The average Bonchev–Trinajstić information content (AvgIpc) is 2.76. The summed E-state index contributed by atoms with van der Waals surface area (Å²) in [5.41, 5.74) is 3.82. The number of carbonyl (C=O) groups is 3. The molecule has 160 valence electrons. The van der Waals surface area contributed by atoms with E-state index < -0.39 is 0 Å². The molecule has 0 bridgehead atoms. The van der Waals surface area contributed by atoms with E-state index in [-0.39, 0.29) is 35.6 Å². The van der Waals surface area contributed by atoms with Crippen molar-refractivity contribution in [1.29, 1.82) is 0 Å². The van der Waals surface area contributed by atoms with Crippen molar-refractivity contribution in [2.75, 3.05) is 32.2 Å². The van der Waals surface area contributed by atoms with Crippen molar-refractivity contribution in [3.63, 3.8) is 0 Å². The minimum atomic E-state index is -0.338. The zero-order chi connectivity index (χ0) is 21.3. The quantitative estimate of drug-likeness (QED) is 0.773. The number of hydrogen-bond acceptors (Lipinski definition) is 4.